The predicted molar refractivity (Wildman–Crippen MR) is 180 cm³/mol. The highest BCUT2D eigenvalue weighted by Gasteiger charge is 2.77. The van der Waals surface area contributed by atoms with Crippen molar-refractivity contribution in [1.82, 2.24) is 0 Å². The number of rotatable bonds is 8. The summed E-state index contributed by atoms with van der Waals surface area (Å²) in [6, 6.07) is 0. The molecule has 4 aliphatic carbocycles. The number of ether oxygens (including phenoxy) is 8. The third-order valence-electron chi connectivity index (χ3n) is 13.3. The van der Waals surface area contributed by atoms with Crippen LogP contribution in [-0.2, 0) is 66.7 Å². The molecule has 16 heteroatoms. The van der Waals surface area contributed by atoms with Crippen molar-refractivity contribution in [3.8, 4) is 0 Å². The minimum atomic E-state index is -1.79. The van der Waals surface area contributed by atoms with Crippen LogP contribution in [0, 0.1) is 28.6 Å². The monoisotopic (exact) mass is 764 g/mol. The van der Waals surface area contributed by atoms with Gasteiger partial charge in [-0.3, -0.25) is 24.0 Å². The van der Waals surface area contributed by atoms with Crippen LogP contribution in [0.5, 0.6) is 0 Å². The molecule has 4 saturated carbocycles. The summed E-state index contributed by atoms with van der Waals surface area (Å²) in [5.41, 5.74) is -4.86. The van der Waals surface area contributed by atoms with Gasteiger partial charge in [-0.2, -0.15) is 0 Å². The maximum absolute atomic E-state index is 14.3. The smallest absolute Gasteiger partial charge is 0.331 e. The lowest BCUT2D eigenvalue weighted by molar-refractivity contribution is -0.326. The average Bonchev–Trinajstić information content (AvgIpc) is 3.62. The van der Waals surface area contributed by atoms with E-state index in [-0.39, 0.29) is 51.0 Å². The van der Waals surface area contributed by atoms with Gasteiger partial charge in [-0.1, -0.05) is 6.92 Å². The predicted octanol–water partition coefficient (Wildman–Crippen LogP) is 1.98. The first-order valence-electron chi connectivity index (χ1n) is 18.7. The summed E-state index contributed by atoms with van der Waals surface area (Å²) in [6.45, 7) is 8.41. The minimum Gasteiger partial charge on any atom is -0.468 e. The fraction of sp³-hybridized carbons (Fsp3) is 0.789. The maximum Gasteiger partial charge on any atom is 0.331 e. The largest absolute Gasteiger partial charge is 0.468 e. The van der Waals surface area contributed by atoms with Gasteiger partial charge in [0.25, 0.3) is 0 Å². The number of hydrogen-bond donors (Lipinski definition) is 2. The van der Waals surface area contributed by atoms with Crippen LogP contribution in [0.25, 0.3) is 0 Å². The van der Waals surface area contributed by atoms with Crippen molar-refractivity contribution in [1.29, 1.82) is 0 Å². The highest BCUT2D eigenvalue weighted by Crippen LogP contribution is 2.71. The fourth-order valence-electron chi connectivity index (χ4n) is 11.4. The molecule has 16 nitrogen and oxygen atoms in total. The van der Waals surface area contributed by atoms with Gasteiger partial charge >= 0.3 is 35.8 Å². The average molecular weight is 765 g/mol. The lowest BCUT2D eigenvalue weighted by atomic mass is 9.40. The molecule has 14 unspecified atom stereocenters. The molecular weight excluding hydrogens is 712 g/mol. The van der Waals surface area contributed by atoms with Gasteiger partial charge in [0.15, 0.2) is 24.6 Å². The molecule has 0 aromatic rings. The van der Waals surface area contributed by atoms with Crippen LogP contribution in [0.1, 0.15) is 92.9 Å². The molecule has 14 atom stereocenters. The van der Waals surface area contributed by atoms with Crippen molar-refractivity contribution in [2.75, 3.05) is 13.7 Å². The summed E-state index contributed by atoms with van der Waals surface area (Å²) in [6.07, 6.45) is -4.79. The van der Waals surface area contributed by atoms with E-state index >= 15 is 0 Å². The van der Waals surface area contributed by atoms with Gasteiger partial charge in [0.05, 0.1) is 30.5 Å². The first kappa shape index (κ1) is 40.1. The number of methoxy groups -OCH3 is 1. The number of esters is 6. The summed E-state index contributed by atoms with van der Waals surface area (Å²) in [7, 11) is 1.23. The lowest BCUT2D eigenvalue weighted by Crippen LogP contribution is -2.74. The van der Waals surface area contributed by atoms with Crippen LogP contribution in [0.2, 0.25) is 0 Å². The number of cyclic esters (lactones) is 1. The van der Waals surface area contributed by atoms with Crippen LogP contribution < -0.4 is 0 Å². The van der Waals surface area contributed by atoms with Crippen molar-refractivity contribution >= 4 is 35.8 Å². The van der Waals surface area contributed by atoms with Crippen molar-refractivity contribution in [2.45, 2.75) is 147 Å². The second kappa shape index (κ2) is 14.5. The molecule has 0 amide bonds. The molecule has 6 rings (SSSR count). The molecule has 1 saturated heterocycles. The summed E-state index contributed by atoms with van der Waals surface area (Å²) < 4.78 is 45.8. The van der Waals surface area contributed by atoms with E-state index in [0.29, 0.717) is 12.8 Å². The minimum absolute atomic E-state index is 0.00738. The molecule has 0 bridgehead atoms. The molecule has 0 aromatic carbocycles. The topological polar surface area (TPSA) is 217 Å². The third kappa shape index (κ3) is 6.49. The van der Waals surface area contributed by atoms with Crippen LogP contribution in [-0.4, -0.2) is 114 Å². The zero-order valence-electron chi connectivity index (χ0n) is 31.8. The van der Waals surface area contributed by atoms with Gasteiger partial charge in [0.2, 0.25) is 0 Å². The van der Waals surface area contributed by atoms with E-state index in [1.807, 2.05) is 6.92 Å². The van der Waals surface area contributed by atoms with E-state index in [1.165, 1.54) is 27.0 Å². The number of fused-ring (bicyclic) bond motifs is 5. The van der Waals surface area contributed by atoms with Crippen LogP contribution in [0.3, 0.4) is 0 Å². The van der Waals surface area contributed by atoms with Crippen LogP contribution in [0.4, 0.5) is 0 Å². The highest BCUT2D eigenvalue weighted by molar-refractivity contribution is 5.85. The Labute approximate surface area is 313 Å². The quantitative estimate of drug-likeness (QED) is 0.205. The molecule has 2 heterocycles. The fourth-order valence-corrected chi connectivity index (χ4v) is 11.4. The number of carbonyl (C=O) groups excluding carboxylic acids is 6. The van der Waals surface area contributed by atoms with Gasteiger partial charge in [-0.25, -0.2) is 4.79 Å². The Balaban J connectivity index is 1.34. The van der Waals surface area contributed by atoms with E-state index < -0.39 is 113 Å². The Kier molecular flexibility index (Phi) is 10.7. The van der Waals surface area contributed by atoms with E-state index in [1.54, 1.807) is 6.92 Å². The van der Waals surface area contributed by atoms with E-state index in [2.05, 4.69) is 0 Å². The van der Waals surface area contributed by atoms with Gasteiger partial charge in [-0.15, -0.1) is 0 Å². The van der Waals surface area contributed by atoms with Crippen molar-refractivity contribution in [3.63, 3.8) is 0 Å². The van der Waals surface area contributed by atoms with Crippen molar-refractivity contribution < 1.29 is 76.9 Å². The van der Waals surface area contributed by atoms with E-state index in [9.17, 15) is 39.0 Å². The molecule has 6 aliphatic rings. The van der Waals surface area contributed by atoms with Gasteiger partial charge in [0.1, 0.15) is 18.1 Å². The summed E-state index contributed by atoms with van der Waals surface area (Å²) in [4.78, 5) is 75.6. The second-order valence-electron chi connectivity index (χ2n) is 16.2. The molecule has 0 radical (unpaired) electrons. The van der Waals surface area contributed by atoms with E-state index in [4.69, 9.17) is 37.9 Å². The van der Waals surface area contributed by atoms with Gasteiger partial charge in [-0.05, 0) is 69.3 Å². The Bertz CT molecular complexity index is 1590. The van der Waals surface area contributed by atoms with Crippen LogP contribution in [0.15, 0.2) is 11.6 Å². The molecule has 5 fully saturated rings. The molecule has 54 heavy (non-hydrogen) atoms. The van der Waals surface area contributed by atoms with Crippen molar-refractivity contribution in [2.24, 2.45) is 28.6 Å². The van der Waals surface area contributed by atoms with Gasteiger partial charge < -0.3 is 48.1 Å². The Morgan fingerprint density at radius 3 is 2.04 bits per heavy atom. The SMILES string of the molecule is COC(=O)C12CCC(OC3OC(C)C(OC(C)=O)C(OC(C)=O)C3OC(C)=O)CC1(O)CCC1C2C(OC(C)=O)CC2(C)C(C3=CC(=O)OC3)CCC12O. The molecule has 300 valence electrons. The highest BCUT2D eigenvalue weighted by atomic mass is 16.7. The normalized spacial score (nSPS) is 43.9. The number of aliphatic hydroxyl groups is 2. The Hall–Kier alpha value is -3.60. The summed E-state index contributed by atoms with van der Waals surface area (Å²) >= 11 is 0. The standard InChI is InChI=1S/C38H52O16/c1-18-30(51-20(3)40)31(52-21(4)41)32(53-22(5)42)33(49-18)54-24-8-12-37(34(44)47-7)29-26(9-11-36(37,45)15-24)38(46)13-10-25(23-14-28(43)48-17-23)35(38,6)16-27(29)50-19(2)39/h14,18,24-27,29-33,45-46H,8-13,15-17H2,1-7H3. The Morgan fingerprint density at radius 2 is 1.44 bits per heavy atom. The molecule has 0 spiro atoms. The molecule has 2 aliphatic heterocycles. The number of carbonyl (C=O) groups is 6. The first-order chi connectivity index (χ1) is 25.3. The molecule has 2 N–H and O–H groups in total. The number of hydrogen-bond acceptors (Lipinski definition) is 16. The maximum atomic E-state index is 14.3. The summed E-state index contributed by atoms with van der Waals surface area (Å²) in [5, 5.41) is 25.7. The van der Waals surface area contributed by atoms with E-state index in [0.717, 1.165) is 19.4 Å². The lowest BCUT2D eigenvalue weighted by Gasteiger charge is -2.66. The first-order valence-corrected chi connectivity index (χ1v) is 18.7. The Morgan fingerprint density at radius 1 is 0.815 bits per heavy atom. The summed E-state index contributed by atoms with van der Waals surface area (Å²) in [5.74, 6) is -5.56. The second-order valence-corrected chi connectivity index (χ2v) is 16.2. The zero-order chi connectivity index (χ0) is 39.5. The third-order valence-corrected chi connectivity index (χ3v) is 13.3. The van der Waals surface area contributed by atoms with Crippen molar-refractivity contribution in [3.05, 3.63) is 11.6 Å². The molecule has 0 aromatic heterocycles. The molecular formula is C38H52O16. The van der Waals surface area contributed by atoms with Gasteiger partial charge in [0, 0.05) is 51.5 Å². The zero-order valence-corrected chi connectivity index (χ0v) is 31.8. The van der Waals surface area contributed by atoms with Crippen LogP contribution >= 0.6 is 0 Å².